The van der Waals surface area contributed by atoms with E-state index in [-0.39, 0.29) is 11.1 Å². The predicted octanol–water partition coefficient (Wildman–Crippen LogP) is -0.256. The summed E-state index contributed by atoms with van der Waals surface area (Å²) in [5, 5.41) is 17.0. The van der Waals surface area contributed by atoms with Gasteiger partial charge >= 0.3 is 35.8 Å². The van der Waals surface area contributed by atoms with E-state index in [9.17, 15) is 28.8 Å². The molecule has 0 rings (SSSR count). The number of rotatable bonds is 6. The second-order valence-corrected chi connectivity index (χ2v) is 4.08. The summed E-state index contributed by atoms with van der Waals surface area (Å²) >= 11 is 0. The van der Waals surface area contributed by atoms with E-state index in [2.05, 4.69) is 9.47 Å². The van der Waals surface area contributed by atoms with Crippen molar-refractivity contribution in [2.24, 2.45) is 0 Å². The molecule has 0 aliphatic carbocycles. The summed E-state index contributed by atoms with van der Waals surface area (Å²) in [5.74, 6) is -7.93. The zero-order valence-corrected chi connectivity index (χ0v) is 12.5. The van der Waals surface area contributed by atoms with Gasteiger partial charge in [-0.15, -0.1) is 0 Å². The summed E-state index contributed by atoms with van der Waals surface area (Å²) in [6.07, 6.45) is 2.03. The largest absolute Gasteiger partial charge is 0.478 e. The van der Waals surface area contributed by atoms with Crippen LogP contribution in [0.15, 0.2) is 35.5 Å². The lowest BCUT2D eigenvalue weighted by atomic mass is 10.3. The van der Waals surface area contributed by atoms with Gasteiger partial charge in [-0.3, -0.25) is 0 Å². The van der Waals surface area contributed by atoms with Gasteiger partial charge in [-0.25, -0.2) is 28.8 Å². The Morgan fingerprint density at radius 2 is 0.917 bits per heavy atom. The van der Waals surface area contributed by atoms with E-state index in [4.69, 9.17) is 10.2 Å². The molecule has 0 saturated carbocycles. The number of carbonyl (C=O) groups is 6. The monoisotopic (exact) mass is 340 g/mol. The lowest BCUT2D eigenvalue weighted by Crippen LogP contribution is -2.12. The molecule has 0 aromatic rings. The quantitative estimate of drug-likeness (QED) is 0.374. The zero-order chi connectivity index (χ0) is 18.9. The molecular weight excluding hydrogens is 328 g/mol. The normalized spacial score (nSPS) is 11.8. The van der Waals surface area contributed by atoms with Gasteiger partial charge in [0.25, 0.3) is 0 Å². The minimum absolute atomic E-state index is 0.373. The number of aliphatic carboxylic acids is 2. The van der Waals surface area contributed by atoms with Gasteiger partial charge in [0.2, 0.25) is 0 Å². The van der Waals surface area contributed by atoms with Crippen LogP contribution in [0.2, 0.25) is 0 Å². The molecule has 128 valence electrons. The number of hydrogen-bond acceptors (Lipinski definition) is 8. The van der Waals surface area contributed by atoms with Crippen LogP contribution in [-0.2, 0) is 38.2 Å². The highest BCUT2D eigenvalue weighted by molar-refractivity contribution is 6.04. The summed E-state index contributed by atoms with van der Waals surface area (Å²) < 4.78 is 8.27. The van der Waals surface area contributed by atoms with Crippen molar-refractivity contribution >= 4 is 35.8 Å². The Morgan fingerprint density at radius 1 is 0.625 bits per heavy atom. The molecule has 2 N–H and O–H groups in total. The average Bonchev–Trinajstić information content (AvgIpc) is 2.44. The maximum Gasteiger partial charge on any atom is 0.339 e. The fraction of sp³-hybridized carbons (Fsp3) is 0.143. The third-order valence-electron chi connectivity index (χ3n) is 2.10. The first-order valence-electron chi connectivity index (χ1n) is 6.05. The lowest BCUT2D eigenvalue weighted by Gasteiger charge is -1.97. The van der Waals surface area contributed by atoms with Gasteiger partial charge in [0.05, 0.1) is 0 Å². The molecule has 0 bridgehead atoms. The number of carboxylic acids is 2. The van der Waals surface area contributed by atoms with E-state index in [1.807, 2.05) is 0 Å². The Balaban J connectivity index is 4.58. The Hall–Kier alpha value is -3.56. The number of hydrogen-bond donors (Lipinski definition) is 2. The molecule has 0 amide bonds. The summed E-state index contributed by atoms with van der Waals surface area (Å²) in [5.41, 5.74) is -0.746. The van der Waals surface area contributed by atoms with E-state index in [1.165, 1.54) is 0 Å². The highest BCUT2D eigenvalue weighted by atomic mass is 16.6. The molecule has 0 radical (unpaired) electrons. The van der Waals surface area contributed by atoms with Gasteiger partial charge in [0, 0.05) is 35.5 Å². The number of carboxylic acid groups (broad SMARTS) is 2. The van der Waals surface area contributed by atoms with E-state index in [1.54, 1.807) is 0 Å². The van der Waals surface area contributed by atoms with Gasteiger partial charge < -0.3 is 19.7 Å². The summed E-state index contributed by atoms with van der Waals surface area (Å²) in [6.45, 7) is 2.19. The Kier molecular flexibility index (Phi) is 8.05. The maximum atomic E-state index is 11.2. The van der Waals surface area contributed by atoms with E-state index in [0.29, 0.717) is 24.3 Å². The smallest absolute Gasteiger partial charge is 0.339 e. The molecule has 0 heterocycles. The Bertz CT molecular complexity index is 620. The second kappa shape index (κ2) is 9.46. The van der Waals surface area contributed by atoms with Crippen molar-refractivity contribution in [2.45, 2.75) is 13.8 Å². The molecule has 24 heavy (non-hydrogen) atoms. The molecule has 0 aliphatic rings. The molecule has 0 atom stereocenters. The molecule has 0 unspecified atom stereocenters. The topological polar surface area (TPSA) is 161 Å². The zero-order valence-electron chi connectivity index (χ0n) is 12.5. The van der Waals surface area contributed by atoms with E-state index >= 15 is 0 Å². The van der Waals surface area contributed by atoms with Crippen LogP contribution in [0.25, 0.3) is 0 Å². The number of esters is 4. The first-order chi connectivity index (χ1) is 11.0. The van der Waals surface area contributed by atoms with Crippen LogP contribution in [0.1, 0.15) is 13.8 Å². The first kappa shape index (κ1) is 20.4. The van der Waals surface area contributed by atoms with Crippen LogP contribution in [0.4, 0.5) is 0 Å². The SMILES string of the molecule is C/C(=C/C(=O)OC(=O)/C=C\C(=O)OC(=O)/C=C(/C)C(=O)O)C(=O)O. The molecular formula is C14H12O10. The minimum atomic E-state index is -1.39. The molecule has 10 heteroatoms. The van der Waals surface area contributed by atoms with Crippen molar-refractivity contribution in [1.29, 1.82) is 0 Å². The maximum absolute atomic E-state index is 11.2. The average molecular weight is 340 g/mol. The third kappa shape index (κ3) is 8.67. The van der Waals surface area contributed by atoms with Gasteiger partial charge in [-0.2, -0.15) is 0 Å². The molecule has 0 spiro atoms. The highest BCUT2D eigenvalue weighted by Crippen LogP contribution is 1.96. The number of carbonyl (C=O) groups excluding carboxylic acids is 4. The summed E-state index contributed by atoms with van der Waals surface area (Å²) in [7, 11) is 0. The first-order valence-corrected chi connectivity index (χ1v) is 6.05. The molecule has 0 aromatic carbocycles. The van der Waals surface area contributed by atoms with E-state index < -0.39 is 35.8 Å². The van der Waals surface area contributed by atoms with Gasteiger partial charge in [-0.05, 0) is 13.8 Å². The lowest BCUT2D eigenvalue weighted by molar-refractivity contribution is -0.155. The van der Waals surface area contributed by atoms with Crippen LogP contribution in [-0.4, -0.2) is 46.0 Å². The van der Waals surface area contributed by atoms with Crippen molar-refractivity contribution < 1.29 is 48.5 Å². The van der Waals surface area contributed by atoms with Gasteiger partial charge in [-0.1, -0.05) is 0 Å². The molecule has 10 nitrogen and oxygen atoms in total. The Morgan fingerprint density at radius 3 is 1.17 bits per heavy atom. The third-order valence-corrected chi connectivity index (χ3v) is 2.10. The predicted molar refractivity (Wildman–Crippen MR) is 74.1 cm³/mol. The minimum Gasteiger partial charge on any atom is -0.478 e. The van der Waals surface area contributed by atoms with Crippen molar-refractivity contribution in [2.75, 3.05) is 0 Å². The fourth-order valence-corrected chi connectivity index (χ4v) is 0.938. The molecule has 0 fully saturated rings. The molecule has 0 aromatic heterocycles. The van der Waals surface area contributed by atoms with Crippen molar-refractivity contribution in [1.82, 2.24) is 0 Å². The van der Waals surface area contributed by atoms with Crippen molar-refractivity contribution in [3.63, 3.8) is 0 Å². The summed E-state index contributed by atoms with van der Waals surface area (Å²) in [6, 6.07) is 0. The van der Waals surface area contributed by atoms with Crippen LogP contribution in [0, 0.1) is 0 Å². The standard InChI is InChI=1S/C14H12O10/c1-7(13(19)20)5-11(17)23-9(15)3-4-10(16)24-12(18)6-8(2)14(21)22/h3-6H,1-2H3,(H,19,20)(H,21,22)/b4-3-,7-5-,8-6-. The number of ether oxygens (including phenoxy) is 2. The fourth-order valence-electron chi connectivity index (χ4n) is 0.938. The molecule has 0 saturated heterocycles. The van der Waals surface area contributed by atoms with Crippen LogP contribution in [0.3, 0.4) is 0 Å². The second-order valence-electron chi connectivity index (χ2n) is 4.08. The highest BCUT2D eigenvalue weighted by Gasteiger charge is 2.11. The van der Waals surface area contributed by atoms with Gasteiger partial charge in [0.15, 0.2) is 0 Å². The summed E-state index contributed by atoms with van der Waals surface area (Å²) in [4.78, 5) is 65.5. The van der Waals surface area contributed by atoms with Crippen molar-refractivity contribution in [3.8, 4) is 0 Å². The van der Waals surface area contributed by atoms with Crippen molar-refractivity contribution in [3.05, 3.63) is 35.5 Å². The van der Waals surface area contributed by atoms with Crippen LogP contribution in [0.5, 0.6) is 0 Å². The van der Waals surface area contributed by atoms with Crippen LogP contribution < -0.4 is 0 Å². The Labute approximate surface area is 134 Å². The van der Waals surface area contributed by atoms with Gasteiger partial charge in [0.1, 0.15) is 0 Å². The van der Waals surface area contributed by atoms with Crippen LogP contribution >= 0.6 is 0 Å². The van der Waals surface area contributed by atoms with E-state index in [0.717, 1.165) is 13.8 Å². The molecule has 0 aliphatic heterocycles.